The van der Waals surface area contributed by atoms with Crippen LogP contribution >= 0.6 is 0 Å². The van der Waals surface area contributed by atoms with Crippen molar-refractivity contribution in [3.63, 3.8) is 0 Å². The smallest absolute Gasteiger partial charge is 0.333 e. The van der Waals surface area contributed by atoms with Crippen LogP contribution in [0.3, 0.4) is 0 Å². The third-order valence-corrected chi connectivity index (χ3v) is 5.94. The van der Waals surface area contributed by atoms with Gasteiger partial charge in [0.15, 0.2) is 0 Å². The summed E-state index contributed by atoms with van der Waals surface area (Å²) in [5.41, 5.74) is 0.156. The summed E-state index contributed by atoms with van der Waals surface area (Å²) in [6.45, 7) is 7.49. The number of aliphatic hydroxyl groups is 3. The highest BCUT2D eigenvalue weighted by Gasteiger charge is 2.51. The number of rotatable bonds is 8. The van der Waals surface area contributed by atoms with Crippen molar-refractivity contribution in [1.82, 2.24) is 5.32 Å². The molecule has 0 aromatic heterocycles. The van der Waals surface area contributed by atoms with Crippen molar-refractivity contribution in [2.45, 2.75) is 82.1 Å². The summed E-state index contributed by atoms with van der Waals surface area (Å²) in [5.74, 6) is -3.54. The molecule has 1 saturated carbocycles. The van der Waals surface area contributed by atoms with Gasteiger partial charge in [-0.2, -0.15) is 0 Å². The van der Waals surface area contributed by atoms with E-state index in [1.54, 1.807) is 6.92 Å². The second-order valence-corrected chi connectivity index (χ2v) is 8.48. The number of nitrogens with one attached hydrogen (secondary N) is 1. The van der Waals surface area contributed by atoms with Gasteiger partial charge >= 0.3 is 11.9 Å². The van der Waals surface area contributed by atoms with Crippen molar-refractivity contribution in [2.75, 3.05) is 13.7 Å². The maximum absolute atomic E-state index is 11.7. The molecule has 33 heavy (non-hydrogen) atoms. The fourth-order valence-corrected chi connectivity index (χ4v) is 4.21. The van der Waals surface area contributed by atoms with E-state index in [-0.39, 0.29) is 18.6 Å². The first-order valence-electron chi connectivity index (χ1n) is 10.6. The number of carboxylic acids is 1. The van der Waals surface area contributed by atoms with Crippen LogP contribution in [0.15, 0.2) is 12.2 Å². The molecule has 1 saturated heterocycles. The van der Waals surface area contributed by atoms with Gasteiger partial charge in [-0.1, -0.05) is 6.58 Å². The fraction of sp³-hybridized carbons (Fsp3) is 0.762. The summed E-state index contributed by atoms with van der Waals surface area (Å²) in [6, 6.07) is -0.877. The van der Waals surface area contributed by atoms with E-state index in [4.69, 9.17) is 18.9 Å². The summed E-state index contributed by atoms with van der Waals surface area (Å²) >= 11 is 0. The molecule has 2 rings (SSSR count). The lowest BCUT2D eigenvalue weighted by Gasteiger charge is -2.47. The number of aliphatic carboxylic acids is 1. The lowest BCUT2D eigenvalue weighted by molar-refractivity contribution is -0.247. The number of carbonyl (C=O) groups is 3. The minimum Gasteiger partial charge on any atom is -0.481 e. The van der Waals surface area contributed by atoms with Crippen molar-refractivity contribution in [1.29, 1.82) is 0 Å². The summed E-state index contributed by atoms with van der Waals surface area (Å²) in [6.07, 6.45) is -10.00. The minimum atomic E-state index is -1.56. The Bertz CT molecular complexity index is 744. The molecule has 2 fully saturated rings. The monoisotopic (exact) mass is 475 g/mol. The predicted octanol–water partition coefficient (Wildman–Crippen LogP) is -1.65. The molecule has 5 N–H and O–H groups in total. The number of ether oxygens (including phenoxy) is 4. The lowest BCUT2D eigenvalue weighted by Crippen LogP contribution is -2.66. The second kappa shape index (κ2) is 11.4. The normalized spacial score (nSPS) is 38.9. The van der Waals surface area contributed by atoms with Gasteiger partial charge < -0.3 is 44.7 Å². The van der Waals surface area contributed by atoms with Crippen molar-refractivity contribution >= 4 is 17.8 Å². The van der Waals surface area contributed by atoms with E-state index in [2.05, 4.69) is 11.9 Å². The Morgan fingerprint density at radius 3 is 2.24 bits per heavy atom. The van der Waals surface area contributed by atoms with Crippen LogP contribution in [0.4, 0.5) is 0 Å². The third kappa shape index (κ3) is 6.28. The van der Waals surface area contributed by atoms with E-state index in [0.717, 1.165) is 0 Å². The van der Waals surface area contributed by atoms with Crippen molar-refractivity contribution in [3.05, 3.63) is 12.2 Å². The largest absolute Gasteiger partial charge is 0.481 e. The van der Waals surface area contributed by atoms with Crippen LogP contribution < -0.4 is 5.32 Å². The highest BCUT2D eigenvalue weighted by molar-refractivity contribution is 5.86. The first-order chi connectivity index (χ1) is 15.4. The molecule has 1 amide bonds. The first-order valence-corrected chi connectivity index (χ1v) is 10.6. The molecule has 0 bridgehead atoms. The zero-order chi connectivity index (χ0) is 25.0. The predicted molar refractivity (Wildman–Crippen MR) is 111 cm³/mol. The van der Waals surface area contributed by atoms with Gasteiger partial charge in [-0.3, -0.25) is 9.59 Å². The number of hydrogen-bond donors (Lipinski definition) is 5. The van der Waals surface area contributed by atoms with Crippen molar-refractivity contribution in [2.24, 2.45) is 5.92 Å². The van der Waals surface area contributed by atoms with E-state index < -0.39 is 78.6 Å². The molecule has 1 heterocycles. The van der Waals surface area contributed by atoms with Crippen molar-refractivity contribution < 1.29 is 53.8 Å². The quantitative estimate of drug-likeness (QED) is 0.200. The number of hydrogen-bond acceptors (Lipinski definition) is 10. The van der Waals surface area contributed by atoms with Gasteiger partial charge in [0.05, 0.1) is 30.3 Å². The number of esters is 1. The second-order valence-electron chi connectivity index (χ2n) is 8.48. The molecule has 12 nitrogen and oxygen atoms in total. The van der Waals surface area contributed by atoms with E-state index in [0.29, 0.717) is 0 Å². The molecular formula is C21H33NO11. The molecule has 10 atom stereocenters. The SMILES string of the molecule is C=C(C)C(=O)OCC1OC(C)C(NC(C)=O)C(OC2CC(C(=O)O)C(OC)C(O)C2O)C1O. The van der Waals surface area contributed by atoms with Gasteiger partial charge in [0.2, 0.25) is 5.91 Å². The van der Waals surface area contributed by atoms with E-state index >= 15 is 0 Å². The van der Waals surface area contributed by atoms with Crippen LogP contribution in [0.25, 0.3) is 0 Å². The molecule has 0 aromatic carbocycles. The van der Waals surface area contributed by atoms with E-state index in [9.17, 15) is 34.8 Å². The van der Waals surface area contributed by atoms with Crippen LogP contribution in [0, 0.1) is 5.92 Å². The third-order valence-electron chi connectivity index (χ3n) is 5.94. The molecule has 12 heteroatoms. The zero-order valence-electron chi connectivity index (χ0n) is 19.0. The Hall–Kier alpha value is -2.09. The maximum atomic E-state index is 11.7. The lowest BCUT2D eigenvalue weighted by atomic mass is 9.80. The maximum Gasteiger partial charge on any atom is 0.333 e. The number of aliphatic hydroxyl groups excluding tert-OH is 3. The Kier molecular flexibility index (Phi) is 9.35. The topological polar surface area (TPSA) is 181 Å². The number of amides is 1. The van der Waals surface area contributed by atoms with Crippen LogP contribution in [0.5, 0.6) is 0 Å². The summed E-state index contributed by atoms with van der Waals surface area (Å²) in [4.78, 5) is 35.2. The van der Waals surface area contributed by atoms with Crippen molar-refractivity contribution in [3.8, 4) is 0 Å². The summed E-state index contributed by atoms with van der Waals surface area (Å²) < 4.78 is 21.8. The average Bonchev–Trinajstić information content (AvgIpc) is 2.73. The molecule has 2 aliphatic rings. The first kappa shape index (κ1) is 27.2. The Morgan fingerprint density at radius 1 is 1.09 bits per heavy atom. The van der Waals surface area contributed by atoms with Gasteiger partial charge in [0.1, 0.15) is 37.1 Å². The summed E-state index contributed by atoms with van der Waals surface area (Å²) in [7, 11) is 1.23. The van der Waals surface area contributed by atoms with Crippen LogP contribution in [-0.4, -0.2) is 107 Å². The van der Waals surface area contributed by atoms with Crippen LogP contribution in [0.1, 0.15) is 27.2 Å². The Morgan fingerprint density at radius 2 is 1.73 bits per heavy atom. The Balaban J connectivity index is 2.27. The van der Waals surface area contributed by atoms with Crippen LogP contribution in [-0.2, 0) is 33.3 Å². The highest BCUT2D eigenvalue weighted by atomic mass is 16.6. The summed E-state index contributed by atoms with van der Waals surface area (Å²) in [5, 5.41) is 44.1. The van der Waals surface area contributed by atoms with Gasteiger partial charge in [-0.15, -0.1) is 0 Å². The Labute approximate surface area is 191 Å². The molecule has 0 radical (unpaired) electrons. The average molecular weight is 475 g/mol. The molecule has 10 unspecified atom stereocenters. The minimum absolute atomic E-state index is 0.156. The zero-order valence-corrected chi connectivity index (χ0v) is 19.0. The molecule has 1 aliphatic carbocycles. The van der Waals surface area contributed by atoms with E-state index in [1.165, 1.54) is 21.0 Å². The van der Waals surface area contributed by atoms with Crippen LogP contribution in [0.2, 0.25) is 0 Å². The van der Waals surface area contributed by atoms with Gasteiger partial charge in [-0.05, 0) is 20.3 Å². The fourth-order valence-electron chi connectivity index (χ4n) is 4.21. The number of carbonyl (C=O) groups excluding carboxylic acids is 2. The highest BCUT2D eigenvalue weighted by Crippen LogP contribution is 2.33. The van der Waals surface area contributed by atoms with Gasteiger partial charge in [0.25, 0.3) is 0 Å². The molecular weight excluding hydrogens is 442 g/mol. The van der Waals surface area contributed by atoms with Gasteiger partial charge in [0, 0.05) is 19.6 Å². The molecule has 188 valence electrons. The molecule has 0 spiro atoms. The standard InChI is InChI=1S/C21H33NO11/c1-8(2)21(29)31-7-13-16(25)19(14(9(3)32-13)22-10(4)23)33-12-6-11(20(27)28)18(30-5)17(26)15(12)24/h9,11-19,24-26H,1,6-7H2,2-5H3,(H,22,23)(H,27,28). The number of methoxy groups -OCH3 is 1. The molecule has 0 aromatic rings. The molecule has 1 aliphatic heterocycles. The number of carboxylic acid groups (broad SMARTS) is 1. The van der Waals surface area contributed by atoms with Gasteiger partial charge in [-0.25, -0.2) is 4.79 Å². The van der Waals surface area contributed by atoms with E-state index in [1.807, 2.05) is 0 Å².